The molecule has 0 aliphatic heterocycles. The third kappa shape index (κ3) is 6.89. The number of anilines is 1. The van der Waals surface area contributed by atoms with Crippen LogP contribution in [0.1, 0.15) is 42.5 Å². The summed E-state index contributed by atoms with van der Waals surface area (Å²) in [5.41, 5.74) is 0.399. The molecule has 174 valence electrons. The highest BCUT2D eigenvalue weighted by Gasteiger charge is 2.25. The Kier molecular flexibility index (Phi) is 9.04. The minimum absolute atomic E-state index is 0.148. The van der Waals surface area contributed by atoms with Crippen LogP contribution < -0.4 is 10.6 Å². The molecule has 1 atom stereocenters. The average Bonchev–Trinajstić information content (AvgIpc) is 3.42. The minimum Gasteiger partial charge on any atom is -0.342 e. The van der Waals surface area contributed by atoms with Crippen LogP contribution >= 0.6 is 34.7 Å². The Labute approximate surface area is 205 Å². The molecule has 0 spiro atoms. The van der Waals surface area contributed by atoms with Crippen LogP contribution in [0.5, 0.6) is 0 Å². The van der Waals surface area contributed by atoms with Crippen molar-refractivity contribution in [2.45, 2.75) is 38.0 Å². The molecule has 33 heavy (non-hydrogen) atoms. The second kappa shape index (κ2) is 12.0. The van der Waals surface area contributed by atoms with Crippen molar-refractivity contribution in [3.05, 3.63) is 64.9 Å². The zero-order valence-corrected chi connectivity index (χ0v) is 20.7. The number of halogens is 1. The van der Waals surface area contributed by atoms with Gasteiger partial charge in [0.25, 0.3) is 5.91 Å². The van der Waals surface area contributed by atoms with Gasteiger partial charge in [-0.25, -0.2) is 4.98 Å². The van der Waals surface area contributed by atoms with Crippen LogP contribution in [-0.2, 0) is 11.3 Å². The summed E-state index contributed by atoms with van der Waals surface area (Å²) in [6.07, 6.45) is 4.02. The number of carbonyl (C=O) groups excluding carboxylic acids is 2. The average molecular weight is 505 g/mol. The molecular formula is C22H25ClN6O2S2. The van der Waals surface area contributed by atoms with Crippen molar-refractivity contribution in [2.75, 3.05) is 11.1 Å². The molecule has 2 N–H and O–H groups in total. The molecule has 11 heteroatoms. The lowest BCUT2D eigenvalue weighted by Gasteiger charge is -2.21. The van der Waals surface area contributed by atoms with Gasteiger partial charge in [0.1, 0.15) is 0 Å². The van der Waals surface area contributed by atoms with Crippen molar-refractivity contribution >= 4 is 51.6 Å². The van der Waals surface area contributed by atoms with Crippen molar-refractivity contribution in [1.29, 1.82) is 0 Å². The predicted molar refractivity (Wildman–Crippen MR) is 133 cm³/mol. The van der Waals surface area contributed by atoms with Crippen molar-refractivity contribution in [1.82, 2.24) is 25.1 Å². The standard InChI is InChI=1S/C22H25ClN6O2S2/c1-4-10-29-19(27-28-22(29)33-13-18(30)26-21-24-9-11-32-21)17(12-14(2)3)25-20(31)15-7-5-6-8-16(15)23/h4-9,11,14,17H,1,10,12-13H2,2-3H3,(H,25,31)(H,24,26,30)/t17-/m0/s1. The first kappa shape index (κ1) is 24.9. The van der Waals surface area contributed by atoms with Gasteiger partial charge in [0.2, 0.25) is 5.91 Å². The lowest BCUT2D eigenvalue weighted by molar-refractivity contribution is -0.113. The van der Waals surface area contributed by atoms with Gasteiger partial charge in [-0.3, -0.25) is 9.59 Å². The van der Waals surface area contributed by atoms with Gasteiger partial charge in [-0.2, -0.15) is 0 Å². The van der Waals surface area contributed by atoms with Gasteiger partial charge in [0.15, 0.2) is 16.1 Å². The number of nitrogens with one attached hydrogen (secondary N) is 2. The molecule has 8 nitrogen and oxygen atoms in total. The highest BCUT2D eigenvalue weighted by Crippen LogP contribution is 2.26. The van der Waals surface area contributed by atoms with E-state index in [0.717, 1.165) is 0 Å². The molecule has 2 heterocycles. The normalized spacial score (nSPS) is 11.9. The Morgan fingerprint density at radius 1 is 1.30 bits per heavy atom. The van der Waals surface area contributed by atoms with E-state index in [2.05, 4.69) is 46.2 Å². The van der Waals surface area contributed by atoms with E-state index in [9.17, 15) is 9.59 Å². The van der Waals surface area contributed by atoms with Crippen LogP contribution in [0.3, 0.4) is 0 Å². The van der Waals surface area contributed by atoms with Crippen LogP contribution in [-0.4, -0.2) is 37.3 Å². The van der Waals surface area contributed by atoms with Crippen LogP contribution in [0.2, 0.25) is 5.02 Å². The van der Waals surface area contributed by atoms with E-state index in [-0.39, 0.29) is 29.5 Å². The largest absolute Gasteiger partial charge is 0.342 e. The molecule has 0 fully saturated rings. The van der Waals surface area contributed by atoms with Crippen LogP contribution in [0.15, 0.2) is 53.7 Å². The zero-order chi connectivity index (χ0) is 23.8. The summed E-state index contributed by atoms with van der Waals surface area (Å²) >= 11 is 8.83. The molecule has 3 rings (SSSR count). The monoisotopic (exact) mass is 504 g/mol. The molecule has 2 aromatic heterocycles. The maximum absolute atomic E-state index is 12.9. The highest BCUT2D eigenvalue weighted by atomic mass is 35.5. The summed E-state index contributed by atoms with van der Waals surface area (Å²) < 4.78 is 1.87. The van der Waals surface area contributed by atoms with Gasteiger partial charge < -0.3 is 15.2 Å². The number of thiazole rings is 1. The number of aromatic nitrogens is 4. The Hall–Kier alpha value is -2.69. The Bertz CT molecular complexity index is 1100. The maximum Gasteiger partial charge on any atom is 0.253 e. The first-order valence-corrected chi connectivity index (χ1v) is 12.5. The molecule has 0 aliphatic carbocycles. The molecule has 0 unspecified atom stereocenters. The first-order chi connectivity index (χ1) is 15.9. The Balaban J connectivity index is 1.79. The molecule has 0 bridgehead atoms. The van der Waals surface area contributed by atoms with Gasteiger partial charge in [-0.15, -0.1) is 28.1 Å². The molecule has 3 aromatic rings. The van der Waals surface area contributed by atoms with Gasteiger partial charge in [0, 0.05) is 18.1 Å². The second-order valence-electron chi connectivity index (χ2n) is 7.55. The van der Waals surface area contributed by atoms with Gasteiger partial charge in [0.05, 0.1) is 22.4 Å². The maximum atomic E-state index is 12.9. The predicted octanol–water partition coefficient (Wildman–Crippen LogP) is 4.82. The summed E-state index contributed by atoms with van der Waals surface area (Å²) in [5, 5.41) is 17.7. The molecule has 0 saturated heterocycles. The quantitative estimate of drug-likeness (QED) is 0.286. The van der Waals surface area contributed by atoms with Crippen LogP contribution in [0, 0.1) is 5.92 Å². The fraction of sp³-hybridized carbons (Fsp3) is 0.318. The van der Waals surface area contributed by atoms with Crippen molar-refractivity contribution in [3.8, 4) is 0 Å². The Morgan fingerprint density at radius 2 is 2.09 bits per heavy atom. The van der Waals surface area contributed by atoms with E-state index >= 15 is 0 Å². The summed E-state index contributed by atoms with van der Waals surface area (Å²) in [6.45, 7) is 8.41. The molecule has 0 radical (unpaired) electrons. The van der Waals surface area contributed by atoms with E-state index in [0.29, 0.717) is 39.7 Å². The Morgan fingerprint density at radius 3 is 2.76 bits per heavy atom. The number of thioether (sulfide) groups is 1. The van der Waals surface area contributed by atoms with Gasteiger partial charge >= 0.3 is 0 Å². The summed E-state index contributed by atoms with van der Waals surface area (Å²) in [7, 11) is 0. The van der Waals surface area contributed by atoms with Crippen molar-refractivity contribution in [2.24, 2.45) is 5.92 Å². The number of nitrogens with zero attached hydrogens (tertiary/aromatic N) is 4. The van der Waals surface area contributed by atoms with E-state index in [1.807, 2.05) is 4.57 Å². The summed E-state index contributed by atoms with van der Waals surface area (Å²) in [5.74, 6) is 0.574. The third-order valence-electron chi connectivity index (χ3n) is 4.51. The number of hydrogen-bond donors (Lipinski definition) is 2. The van der Waals surface area contributed by atoms with Crippen LogP contribution in [0.4, 0.5) is 5.13 Å². The smallest absolute Gasteiger partial charge is 0.253 e. The number of hydrogen-bond acceptors (Lipinski definition) is 7. The van der Waals surface area contributed by atoms with Crippen molar-refractivity contribution in [3.63, 3.8) is 0 Å². The van der Waals surface area contributed by atoms with Gasteiger partial charge in [-0.05, 0) is 24.5 Å². The zero-order valence-electron chi connectivity index (χ0n) is 18.3. The molecule has 2 amide bonds. The molecule has 1 aromatic carbocycles. The highest BCUT2D eigenvalue weighted by molar-refractivity contribution is 7.99. The number of carbonyl (C=O) groups is 2. The fourth-order valence-electron chi connectivity index (χ4n) is 3.12. The van der Waals surface area contributed by atoms with E-state index < -0.39 is 0 Å². The lowest BCUT2D eigenvalue weighted by atomic mass is 10.0. The molecular weight excluding hydrogens is 480 g/mol. The minimum atomic E-state index is -0.389. The summed E-state index contributed by atoms with van der Waals surface area (Å²) in [4.78, 5) is 29.3. The SMILES string of the molecule is C=CCn1c(SCC(=O)Nc2nccs2)nnc1[C@H](CC(C)C)NC(=O)c1ccccc1Cl. The van der Waals surface area contributed by atoms with E-state index in [1.54, 1.807) is 41.9 Å². The first-order valence-electron chi connectivity index (χ1n) is 10.3. The second-order valence-corrected chi connectivity index (χ2v) is 9.79. The van der Waals surface area contributed by atoms with E-state index in [1.165, 1.54) is 23.1 Å². The number of benzene rings is 1. The van der Waals surface area contributed by atoms with Gasteiger partial charge in [-0.1, -0.05) is 55.4 Å². The number of allylic oxidation sites excluding steroid dienone is 1. The lowest BCUT2D eigenvalue weighted by Crippen LogP contribution is -2.32. The topological polar surface area (TPSA) is 102 Å². The number of amides is 2. The van der Waals surface area contributed by atoms with Crippen molar-refractivity contribution < 1.29 is 9.59 Å². The summed E-state index contributed by atoms with van der Waals surface area (Å²) in [6, 6.07) is 6.52. The van der Waals surface area contributed by atoms with E-state index in [4.69, 9.17) is 11.6 Å². The van der Waals surface area contributed by atoms with Crippen LogP contribution in [0.25, 0.3) is 0 Å². The fourth-order valence-corrected chi connectivity index (χ4v) is 4.64. The third-order valence-corrected chi connectivity index (χ3v) is 6.50. The molecule has 0 aliphatic rings. The molecule has 0 saturated carbocycles. The number of rotatable bonds is 11.